The molecule has 4 nitrogen and oxygen atoms in total. The Morgan fingerprint density at radius 2 is 1.88 bits per heavy atom. The van der Waals surface area contributed by atoms with Crippen LogP contribution in [0.25, 0.3) is 10.9 Å². The maximum atomic E-state index is 12.6. The van der Waals surface area contributed by atoms with E-state index < -0.39 is 0 Å². The second kappa shape index (κ2) is 8.15. The standard InChI is InChI=1S/C21H20N2O2S/c1-3-19(21(25)22-17-9-6-8-16(13-17)14(2)24)26-20-12-11-15-7-4-5-10-18(15)23-20/h4-13,19H,3H2,1-2H3,(H,22,25). The molecule has 0 radical (unpaired) electrons. The van der Waals surface area contributed by atoms with E-state index in [0.29, 0.717) is 17.7 Å². The van der Waals surface area contributed by atoms with E-state index in [2.05, 4.69) is 10.3 Å². The molecule has 1 atom stereocenters. The van der Waals surface area contributed by atoms with Gasteiger partial charge in [0.15, 0.2) is 5.78 Å². The summed E-state index contributed by atoms with van der Waals surface area (Å²) < 4.78 is 0. The van der Waals surface area contributed by atoms with Crippen molar-refractivity contribution in [2.75, 3.05) is 5.32 Å². The van der Waals surface area contributed by atoms with E-state index in [1.54, 1.807) is 24.3 Å². The van der Waals surface area contributed by atoms with Gasteiger partial charge in [0.2, 0.25) is 5.91 Å². The smallest absolute Gasteiger partial charge is 0.237 e. The van der Waals surface area contributed by atoms with E-state index in [4.69, 9.17) is 0 Å². The van der Waals surface area contributed by atoms with Gasteiger partial charge in [-0.2, -0.15) is 0 Å². The van der Waals surface area contributed by atoms with Crippen molar-refractivity contribution in [2.45, 2.75) is 30.5 Å². The van der Waals surface area contributed by atoms with Crippen LogP contribution < -0.4 is 5.32 Å². The quantitative estimate of drug-likeness (QED) is 0.497. The van der Waals surface area contributed by atoms with Crippen LogP contribution in [0.1, 0.15) is 30.6 Å². The number of ketones is 1. The minimum Gasteiger partial charge on any atom is -0.325 e. The van der Waals surface area contributed by atoms with Crippen molar-refractivity contribution in [3.63, 3.8) is 0 Å². The lowest BCUT2D eigenvalue weighted by atomic mass is 10.1. The molecule has 5 heteroatoms. The maximum Gasteiger partial charge on any atom is 0.237 e. The van der Waals surface area contributed by atoms with E-state index >= 15 is 0 Å². The molecule has 0 fully saturated rings. The highest BCUT2D eigenvalue weighted by atomic mass is 32.2. The molecule has 0 saturated carbocycles. The molecule has 1 N–H and O–H groups in total. The number of nitrogens with zero attached hydrogens (tertiary/aromatic N) is 1. The van der Waals surface area contributed by atoms with Crippen LogP contribution in [0.15, 0.2) is 65.7 Å². The number of nitrogens with one attached hydrogen (secondary N) is 1. The molecule has 3 rings (SSSR count). The first-order valence-corrected chi connectivity index (χ1v) is 9.39. The number of benzene rings is 2. The minimum absolute atomic E-state index is 0.0251. The maximum absolute atomic E-state index is 12.6. The molecule has 1 heterocycles. The summed E-state index contributed by atoms with van der Waals surface area (Å²) in [6.45, 7) is 3.49. The van der Waals surface area contributed by atoms with Crippen molar-refractivity contribution in [1.29, 1.82) is 0 Å². The van der Waals surface area contributed by atoms with Gasteiger partial charge in [-0.1, -0.05) is 55.1 Å². The van der Waals surface area contributed by atoms with Gasteiger partial charge >= 0.3 is 0 Å². The number of Topliss-reactive ketones (excluding diaryl/α,β-unsaturated/α-hetero) is 1. The molecule has 132 valence electrons. The highest BCUT2D eigenvalue weighted by Crippen LogP contribution is 2.27. The van der Waals surface area contributed by atoms with E-state index in [-0.39, 0.29) is 16.9 Å². The zero-order valence-electron chi connectivity index (χ0n) is 14.7. The van der Waals surface area contributed by atoms with Gasteiger partial charge in [-0.05, 0) is 37.6 Å². The second-order valence-corrected chi connectivity index (χ2v) is 7.21. The fourth-order valence-electron chi connectivity index (χ4n) is 2.62. The van der Waals surface area contributed by atoms with Gasteiger partial charge in [0, 0.05) is 16.6 Å². The van der Waals surface area contributed by atoms with Gasteiger partial charge < -0.3 is 5.32 Å². The lowest BCUT2D eigenvalue weighted by Crippen LogP contribution is -2.24. The van der Waals surface area contributed by atoms with Crippen molar-refractivity contribution < 1.29 is 9.59 Å². The topological polar surface area (TPSA) is 59.1 Å². The molecule has 0 aliphatic carbocycles. The molecule has 0 spiro atoms. The average molecular weight is 364 g/mol. The number of hydrogen-bond donors (Lipinski definition) is 1. The van der Waals surface area contributed by atoms with Crippen LogP contribution in [0.4, 0.5) is 5.69 Å². The predicted molar refractivity (Wildman–Crippen MR) is 107 cm³/mol. The molecule has 26 heavy (non-hydrogen) atoms. The first-order chi connectivity index (χ1) is 12.6. The largest absolute Gasteiger partial charge is 0.325 e. The number of amides is 1. The van der Waals surface area contributed by atoms with Crippen molar-refractivity contribution >= 4 is 40.0 Å². The van der Waals surface area contributed by atoms with Crippen molar-refractivity contribution in [3.8, 4) is 0 Å². The predicted octanol–water partition coefficient (Wildman–Crippen LogP) is 4.95. The molecule has 3 aromatic rings. The Morgan fingerprint density at radius 1 is 1.08 bits per heavy atom. The van der Waals surface area contributed by atoms with Gasteiger partial charge in [-0.3, -0.25) is 9.59 Å². The zero-order chi connectivity index (χ0) is 18.5. The number of aromatic nitrogens is 1. The van der Waals surface area contributed by atoms with Gasteiger partial charge in [0.1, 0.15) is 0 Å². The fourth-order valence-corrected chi connectivity index (χ4v) is 3.54. The fraction of sp³-hybridized carbons (Fsp3) is 0.190. The summed E-state index contributed by atoms with van der Waals surface area (Å²) in [5.74, 6) is -0.115. The molecule has 1 aromatic heterocycles. The Hall–Kier alpha value is -2.66. The third kappa shape index (κ3) is 4.29. The van der Waals surface area contributed by atoms with E-state index in [0.717, 1.165) is 15.9 Å². The monoisotopic (exact) mass is 364 g/mol. The van der Waals surface area contributed by atoms with Gasteiger partial charge in [0.05, 0.1) is 15.8 Å². The summed E-state index contributed by atoms with van der Waals surface area (Å²) in [5, 5.41) is 4.55. The molecule has 0 aliphatic heterocycles. The van der Waals surface area contributed by atoms with Crippen LogP contribution in [-0.4, -0.2) is 21.9 Å². The molecule has 2 aromatic carbocycles. The molecule has 1 unspecified atom stereocenters. The Labute approximate surface area is 157 Å². The third-order valence-electron chi connectivity index (χ3n) is 4.04. The molecular weight excluding hydrogens is 344 g/mol. The van der Waals surface area contributed by atoms with Crippen molar-refractivity contribution in [2.24, 2.45) is 0 Å². The normalized spacial score (nSPS) is 11.9. The number of fused-ring (bicyclic) bond motifs is 1. The molecular formula is C21H20N2O2S. The first-order valence-electron chi connectivity index (χ1n) is 8.51. The number of carbonyl (C=O) groups excluding carboxylic acids is 2. The number of rotatable bonds is 6. The summed E-state index contributed by atoms with van der Waals surface area (Å²) in [7, 11) is 0. The second-order valence-electron chi connectivity index (χ2n) is 5.98. The average Bonchev–Trinajstić information content (AvgIpc) is 2.66. The zero-order valence-corrected chi connectivity index (χ0v) is 15.5. The number of carbonyl (C=O) groups is 2. The summed E-state index contributed by atoms with van der Waals surface area (Å²) >= 11 is 1.45. The SMILES string of the molecule is CCC(Sc1ccc2ccccc2n1)C(=O)Nc1cccc(C(C)=O)c1. The number of para-hydroxylation sites is 1. The van der Waals surface area contributed by atoms with E-state index in [9.17, 15) is 9.59 Å². The number of thioether (sulfide) groups is 1. The number of pyridine rings is 1. The Balaban J connectivity index is 1.74. The Kier molecular flexibility index (Phi) is 5.68. The molecule has 1 amide bonds. The van der Waals surface area contributed by atoms with Gasteiger partial charge in [0.25, 0.3) is 0 Å². The van der Waals surface area contributed by atoms with Crippen LogP contribution in [0.2, 0.25) is 0 Å². The minimum atomic E-state index is -0.260. The third-order valence-corrected chi connectivity index (χ3v) is 5.34. The van der Waals surface area contributed by atoms with Crippen molar-refractivity contribution in [1.82, 2.24) is 4.98 Å². The Bertz CT molecular complexity index is 955. The van der Waals surface area contributed by atoms with Gasteiger partial charge in [-0.15, -0.1) is 0 Å². The summed E-state index contributed by atoms with van der Waals surface area (Å²) in [6.07, 6.45) is 0.678. The van der Waals surface area contributed by atoms with Crippen LogP contribution in [-0.2, 0) is 4.79 Å². The summed E-state index contributed by atoms with van der Waals surface area (Å²) in [5.41, 5.74) is 2.13. The Morgan fingerprint density at radius 3 is 2.65 bits per heavy atom. The molecule has 0 aliphatic rings. The van der Waals surface area contributed by atoms with Crippen LogP contribution in [0.5, 0.6) is 0 Å². The summed E-state index contributed by atoms with van der Waals surface area (Å²) in [6, 6.07) is 18.9. The van der Waals surface area contributed by atoms with E-state index in [1.807, 2.05) is 43.3 Å². The van der Waals surface area contributed by atoms with Crippen LogP contribution in [0.3, 0.4) is 0 Å². The molecule has 0 bridgehead atoms. The molecule has 0 saturated heterocycles. The van der Waals surface area contributed by atoms with Crippen molar-refractivity contribution in [3.05, 3.63) is 66.2 Å². The number of anilines is 1. The highest BCUT2D eigenvalue weighted by molar-refractivity contribution is 8.00. The van der Waals surface area contributed by atoms with Crippen LogP contribution in [0, 0.1) is 0 Å². The van der Waals surface area contributed by atoms with Gasteiger partial charge in [-0.25, -0.2) is 4.98 Å². The lowest BCUT2D eigenvalue weighted by molar-refractivity contribution is -0.115. The highest BCUT2D eigenvalue weighted by Gasteiger charge is 2.19. The van der Waals surface area contributed by atoms with Crippen LogP contribution >= 0.6 is 11.8 Å². The first kappa shape index (κ1) is 18.1. The number of hydrogen-bond acceptors (Lipinski definition) is 4. The summed E-state index contributed by atoms with van der Waals surface area (Å²) in [4.78, 5) is 28.8. The van der Waals surface area contributed by atoms with E-state index in [1.165, 1.54) is 18.7 Å². The lowest BCUT2D eigenvalue weighted by Gasteiger charge is -2.15.